The highest BCUT2D eigenvalue weighted by Gasteiger charge is 2.24. The molecule has 0 fully saturated rings. The lowest BCUT2D eigenvalue weighted by Gasteiger charge is -2.16. The third-order valence-electron chi connectivity index (χ3n) is 3.23. The summed E-state index contributed by atoms with van der Waals surface area (Å²) in [5.41, 5.74) is 6.41. The van der Waals surface area contributed by atoms with Crippen LogP contribution in [0.4, 0.5) is 0 Å². The summed E-state index contributed by atoms with van der Waals surface area (Å²) < 4.78 is 5.24. The van der Waals surface area contributed by atoms with Gasteiger partial charge in [-0.05, 0) is 11.6 Å². The minimum Gasteiger partial charge on any atom is -0.443 e. The van der Waals surface area contributed by atoms with Crippen LogP contribution in [-0.4, -0.2) is 17.8 Å². The van der Waals surface area contributed by atoms with Crippen molar-refractivity contribution < 1.29 is 19.1 Å². The number of esters is 1. The van der Waals surface area contributed by atoms with Gasteiger partial charge in [-0.3, -0.25) is 9.59 Å². The normalized spacial score (nSPS) is 12.1. The van der Waals surface area contributed by atoms with Crippen LogP contribution >= 0.6 is 0 Å². The minimum atomic E-state index is -1.25. The molecule has 0 saturated carbocycles. The molecule has 0 bridgehead atoms. The van der Waals surface area contributed by atoms with E-state index in [0.717, 1.165) is 0 Å². The van der Waals surface area contributed by atoms with Crippen molar-refractivity contribution in [3.05, 3.63) is 77.5 Å². The quantitative estimate of drug-likeness (QED) is 0.621. The Bertz CT molecular complexity index is 786. The zero-order chi connectivity index (χ0) is 18.2. The van der Waals surface area contributed by atoms with Crippen molar-refractivity contribution in [3.8, 4) is 0 Å². The van der Waals surface area contributed by atoms with Gasteiger partial charge in [-0.15, -0.1) is 0 Å². The lowest BCUT2D eigenvalue weighted by Crippen LogP contribution is -2.31. The summed E-state index contributed by atoms with van der Waals surface area (Å²) in [7, 11) is 0. The molecule has 0 unspecified atom stereocenters. The zero-order valence-electron chi connectivity index (χ0n) is 13.6. The summed E-state index contributed by atoms with van der Waals surface area (Å²) >= 11 is 0. The van der Waals surface area contributed by atoms with Gasteiger partial charge in [0, 0.05) is 12.5 Å². The number of nitrogens with two attached hydrogens (primary N) is 1. The second-order valence-electron chi connectivity index (χ2n) is 5.25. The number of primary amides is 1. The minimum absolute atomic E-state index is 0.0825. The molecule has 25 heavy (non-hydrogen) atoms. The number of hydrogen-bond acceptors (Lipinski definition) is 4. The summed E-state index contributed by atoms with van der Waals surface area (Å²) in [6.45, 7) is 1.27. The van der Waals surface area contributed by atoms with Crippen LogP contribution in [-0.2, 0) is 19.1 Å². The molecule has 0 aliphatic rings. The Morgan fingerprint density at radius 1 is 1.00 bits per heavy atom. The third kappa shape index (κ3) is 5.31. The highest BCUT2D eigenvalue weighted by atomic mass is 16.5. The first-order chi connectivity index (χ1) is 12.0. The van der Waals surface area contributed by atoms with Crippen molar-refractivity contribution in [2.75, 3.05) is 0 Å². The number of amides is 2. The Labute approximate surface area is 145 Å². The van der Waals surface area contributed by atoms with Gasteiger partial charge in [-0.25, -0.2) is 4.79 Å². The SMILES string of the molecule is CC(=O)N/C(=C\c1ccccc1)C(=O)O[C@H](C(N)=O)c1ccccc1. The largest absolute Gasteiger partial charge is 0.443 e. The fraction of sp³-hybridized carbons (Fsp3) is 0.105. The van der Waals surface area contributed by atoms with Crippen LogP contribution in [0.15, 0.2) is 66.4 Å². The molecule has 2 amide bonds. The van der Waals surface area contributed by atoms with Crippen molar-refractivity contribution in [2.24, 2.45) is 5.73 Å². The van der Waals surface area contributed by atoms with Gasteiger partial charge in [-0.1, -0.05) is 60.7 Å². The zero-order valence-corrected chi connectivity index (χ0v) is 13.6. The first-order valence-electron chi connectivity index (χ1n) is 7.57. The summed E-state index contributed by atoms with van der Waals surface area (Å²) in [6, 6.07) is 17.4. The van der Waals surface area contributed by atoms with Crippen LogP contribution in [0.2, 0.25) is 0 Å². The highest BCUT2D eigenvalue weighted by Crippen LogP contribution is 2.18. The standard InChI is InChI=1S/C19H18N2O4/c1-13(22)21-16(12-14-8-4-2-5-9-14)19(24)25-17(18(20)23)15-10-6-3-7-11-15/h2-12,17H,1H3,(H2,20,23)(H,21,22)/b16-12-/t17-/m0/s1. The maximum Gasteiger partial charge on any atom is 0.355 e. The fourth-order valence-corrected chi connectivity index (χ4v) is 2.14. The summed E-state index contributed by atoms with van der Waals surface area (Å²) in [6.07, 6.45) is 0.217. The monoisotopic (exact) mass is 338 g/mol. The van der Waals surface area contributed by atoms with Gasteiger partial charge in [0.1, 0.15) is 5.70 Å². The Balaban J connectivity index is 2.28. The van der Waals surface area contributed by atoms with E-state index in [1.165, 1.54) is 13.0 Å². The van der Waals surface area contributed by atoms with Crippen molar-refractivity contribution in [1.82, 2.24) is 5.32 Å². The first kappa shape index (κ1) is 17.9. The number of carbonyl (C=O) groups is 3. The third-order valence-corrected chi connectivity index (χ3v) is 3.23. The molecule has 0 spiro atoms. The van der Waals surface area contributed by atoms with Crippen molar-refractivity contribution >= 4 is 23.9 Å². The molecule has 0 aliphatic carbocycles. The molecule has 0 aliphatic heterocycles. The molecule has 0 saturated heterocycles. The lowest BCUT2D eigenvalue weighted by molar-refractivity contribution is -0.152. The second-order valence-corrected chi connectivity index (χ2v) is 5.25. The van der Waals surface area contributed by atoms with E-state index >= 15 is 0 Å². The molecule has 128 valence electrons. The molecule has 2 rings (SSSR count). The fourth-order valence-electron chi connectivity index (χ4n) is 2.14. The van der Waals surface area contributed by atoms with Crippen LogP contribution < -0.4 is 11.1 Å². The van der Waals surface area contributed by atoms with Crippen molar-refractivity contribution in [1.29, 1.82) is 0 Å². The van der Waals surface area contributed by atoms with Crippen LogP contribution in [0.3, 0.4) is 0 Å². The lowest BCUT2D eigenvalue weighted by atomic mass is 10.1. The van der Waals surface area contributed by atoms with Gasteiger partial charge in [0.05, 0.1) is 0 Å². The van der Waals surface area contributed by atoms with Gasteiger partial charge in [0.15, 0.2) is 0 Å². The molecule has 6 heteroatoms. The number of benzene rings is 2. The Hall–Kier alpha value is -3.41. The molecular weight excluding hydrogens is 320 g/mol. The van der Waals surface area contributed by atoms with E-state index in [9.17, 15) is 14.4 Å². The maximum atomic E-state index is 12.5. The topological polar surface area (TPSA) is 98.5 Å². The van der Waals surface area contributed by atoms with Crippen LogP contribution in [0.1, 0.15) is 24.2 Å². The van der Waals surface area contributed by atoms with E-state index in [0.29, 0.717) is 11.1 Å². The Morgan fingerprint density at radius 3 is 2.08 bits per heavy atom. The number of ether oxygens (including phenoxy) is 1. The van der Waals surface area contributed by atoms with E-state index in [2.05, 4.69) is 5.32 Å². The van der Waals surface area contributed by atoms with E-state index in [-0.39, 0.29) is 5.70 Å². The van der Waals surface area contributed by atoms with E-state index in [1.807, 2.05) is 6.07 Å². The van der Waals surface area contributed by atoms with Gasteiger partial charge < -0.3 is 15.8 Å². The van der Waals surface area contributed by atoms with E-state index < -0.39 is 23.9 Å². The van der Waals surface area contributed by atoms with Crippen molar-refractivity contribution in [2.45, 2.75) is 13.0 Å². The van der Waals surface area contributed by atoms with Gasteiger partial charge in [-0.2, -0.15) is 0 Å². The van der Waals surface area contributed by atoms with Gasteiger partial charge >= 0.3 is 5.97 Å². The van der Waals surface area contributed by atoms with Gasteiger partial charge in [0.25, 0.3) is 5.91 Å². The number of hydrogen-bond donors (Lipinski definition) is 2. The van der Waals surface area contributed by atoms with E-state index in [1.54, 1.807) is 54.6 Å². The van der Waals surface area contributed by atoms with Crippen molar-refractivity contribution in [3.63, 3.8) is 0 Å². The molecular formula is C19H18N2O4. The predicted octanol–water partition coefficient (Wildman–Crippen LogP) is 1.93. The summed E-state index contributed by atoms with van der Waals surface area (Å²) in [5.74, 6) is -2.09. The molecule has 1 atom stereocenters. The Kier molecular flexibility index (Phi) is 6.06. The number of rotatable bonds is 6. The Morgan fingerprint density at radius 2 is 1.56 bits per heavy atom. The molecule has 0 heterocycles. The second kappa shape index (κ2) is 8.44. The molecule has 6 nitrogen and oxygen atoms in total. The van der Waals surface area contributed by atoms with Crippen LogP contribution in [0, 0.1) is 0 Å². The van der Waals surface area contributed by atoms with Crippen LogP contribution in [0.5, 0.6) is 0 Å². The maximum absolute atomic E-state index is 12.5. The molecule has 2 aromatic rings. The predicted molar refractivity (Wildman–Crippen MR) is 92.7 cm³/mol. The van der Waals surface area contributed by atoms with Gasteiger partial charge in [0.2, 0.25) is 12.0 Å². The first-order valence-corrected chi connectivity index (χ1v) is 7.57. The molecule has 3 N–H and O–H groups in total. The smallest absolute Gasteiger partial charge is 0.355 e. The molecule has 2 aromatic carbocycles. The summed E-state index contributed by atoms with van der Waals surface area (Å²) in [5, 5.41) is 2.42. The summed E-state index contributed by atoms with van der Waals surface area (Å²) in [4.78, 5) is 35.5. The number of nitrogens with one attached hydrogen (secondary N) is 1. The average molecular weight is 338 g/mol. The van der Waals surface area contributed by atoms with E-state index in [4.69, 9.17) is 10.5 Å². The number of carbonyl (C=O) groups excluding carboxylic acids is 3. The highest BCUT2D eigenvalue weighted by molar-refractivity contribution is 5.98. The van der Waals surface area contributed by atoms with Crippen LogP contribution in [0.25, 0.3) is 6.08 Å². The molecule has 0 aromatic heterocycles. The molecule has 0 radical (unpaired) electrons. The average Bonchev–Trinajstić information content (AvgIpc) is 2.60.